The number of amides is 1. The van der Waals surface area contributed by atoms with Crippen LogP contribution in [0.5, 0.6) is 5.75 Å². The maximum atomic E-state index is 11.4. The van der Waals surface area contributed by atoms with Crippen LogP contribution in [0.15, 0.2) is 36.2 Å². The molecule has 1 fully saturated rings. The Hall–Kier alpha value is -1.97. The molecule has 0 N–H and O–H groups in total. The summed E-state index contributed by atoms with van der Waals surface area (Å²) in [5.41, 5.74) is 1.49. The van der Waals surface area contributed by atoms with Crippen molar-refractivity contribution in [3.63, 3.8) is 0 Å². The number of hydrogen-bond donors (Lipinski definition) is 0. The summed E-state index contributed by atoms with van der Waals surface area (Å²) in [5, 5.41) is 0. The van der Waals surface area contributed by atoms with Crippen LogP contribution in [-0.4, -0.2) is 12.7 Å². The predicted octanol–water partition coefficient (Wildman–Crippen LogP) is 1.88. The standard InChI is InChI=1S/C10H7NO3/c12-10-11-7(6-14-10)5-13-9-4-2-1-3-8(9)11/h1-5H,6H2. The van der Waals surface area contributed by atoms with Crippen LogP contribution in [0.1, 0.15) is 0 Å². The van der Waals surface area contributed by atoms with Crippen molar-refractivity contribution >= 4 is 11.8 Å². The van der Waals surface area contributed by atoms with Crippen LogP contribution in [0.2, 0.25) is 0 Å². The van der Waals surface area contributed by atoms with Gasteiger partial charge in [0.2, 0.25) is 0 Å². The second-order valence-corrected chi connectivity index (χ2v) is 3.08. The number of para-hydroxylation sites is 2. The lowest BCUT2D eigenvalue weighted by Gasteiger charge is -2.21. The van der Waals surface area contributed by atoms with E-state index in [1.807, 2.05) is 24.3 Å². The molecule has 0 unspecified atom stereocenters. The summed E-state index contributed by atoms with van der Waals surface area (Å²) in [6.45, 7) is 0.285. The van der Waals surface area contributed by atoms with Crippen molar-refractivity contribution in [1.29, 1.82) is 0 Å². The summed E-state index contributed by atoms with van der Waals surface area (Å²) in [5.74, 6) is 0.676. The van der Waals surface area contributed by atoms with Gasteiger partial charge in [0, 0.05) is 0 Å². The number of carbonyl (C=O) groups excluding carboxylic acids is 1. The fourth-order valence-corrected chi connectivity index (χ4v) is 1.59. The summed E-state index contributed by atoms with van der Waals surface area (Å²) in [6, 6.07) is 7.36. The zero-order chi connectivity index (χ0) is 9.54. The number of nitrogens with zero attached hydrogens (tertiary/aromatic N) is 1. The lowest BCUT2D eigenvalue weighted by molar-refractivity contribution is 0.182. The van der Waals surface area contributed by atoms with E-state index < -0.39 is 0 Å². The highest BCUT2D eigenvalue weighted by atomic mass is 16.6. The average molecular weight is 189 g/mol. The maximum absolute atomic E-state index is 11.4. The predicted molar refractivity (Wildman–Crippen MR) is 49.0 cm³/mol. The van der Waals surface area contributed by atoms with Gasteiger partial charge >= 0.3 is 6.09 Å². The molecule has 2 heterocycles. The molecule has 0 atom stereocenters. The van der Waals surface area contributed by atoms with Crippen LogP contribution < -0.4 is 9.64 Å². The second-order valence-electron chi connectivity index (χ2n) is 3.08. The summed E-state index contributed by atoms with van der Waals surface area (Å²) in [7, 11) is 0. The van der Waals surface area contributed by atoms with Gasteiger partial charge in [0.15, 0.2) is 5.75 Å². The van der Waals surface area contributed by atoms with Crippen LogP contribution in [-0.2, 0) is 4.74 Å². The largest absolute Gasteiger partial charge is 0.461 e. The monoisotopic (exact) mass is 189 g/mol. The molecule has 0 radical (unpaired) electrons. The van der Waals surface area contributed by atoms with Gasteiger partial charge in [0.25, 0.3) is 0 Å². The number of ether oxygens (including phenoxy) is 2. The average Bonchev–Trinajstić information content (AvgIpc) is 2.61. The van der Waals surface area contributed by atoms with Gasteiger partial charge < -0.3 is 9.47 Å². The van der Waals surface area contributed by atoms with Crippen LogP contribution in [0, 0.1) is 0 Å². The van der Waals surface area contributed by atoms with E-state index in [1.165, 1.54) is 4.90 Å². The first kappa shape index (κ1) is 7.44. The molecule has 0 aliphatic carbocycles. The molecule has 70 valence electrons. The minimum Gasteiger partial charge on any atom is -0.461 e. The van der Waals surface area contributed by atoms with E-state index in [2.05, 4.69) is 0 Å². The normalized spacial score (nSPS) is 17.9. The zero-order valence-corrected chi connectivity index (χ0v) is 7.27. The summed E-state index contributed by atoms with van der Waals surface area (Å²) in [6.07, 6.45) is 1.21. The minimum absolute atomic E-state index is 0.285. The van der Waals surface area contributed by atoms with Gasteiger partial charge in [-0.1, -0.05) is 12.1 Å². The van der Waals surface area contributed by atoms with Gasteiger partial charge in [0.1, 0.15) is 18.6 Å². The number of anilines is 1. The molecule has 4 heteroatoms. The summed E-state index contributed by atoms with van der Waals surface area (Å²) >= 11 is 0. The first-order valence-corrected chi connectivity index (χ1v) is 4.28. The third kappa shape index (κ3) is 0.849. The minimum atomic E-state index is -0.341. The van der Waals surface area contributed by atoms with E-state index in [1.54, 1.807) is 6.26 Å². The van der Waals surface area contributed by atoms with E-state index in [0.717, 1.165) is 11.4 Å². The number of carbonyl (C=O) groups is 1. The maximum Gasteiger partial charge on any atom is 0.419 e. The molecular formula is C10H7NO3. The SMILES string of the molecule is O=C1OCC2=COc3ccccc3N12. The number of fused-ring (bicyclic) bond motifs is 3. The van der Waals surface area contributed by atoms with E-state index in [9.17, 15) is 4.79 Å². The van der Waals surface area contributed by atoms with Gasteiger partial charge in [-0.3, -0.25) is 0 Å². The van der Waals surface area contributed by atoms with Crippen LogP contribution in [0.3, 0.4) is 0 Å². The Bertz CT molecular complexity index is 439. The number of cyclic esters (lactones) is 1. The molecule has 1 saturated heterocycles. The van der Waals surface area contributed by atoms with Crippen molar-refractivity contribution < 1.29 is 14.3 Å². The molecule has 1 aromatic rings. The number of rotatable bonds is 0. The Labute approximate surface area is 80.3 Å². The van der Waals surface area contributed by atoms with Gasteiger partial charge in [-0.15, -0.1) is 0 Å². The van der Waals surface area contributed by atoms with Gasteiger partial charge in [-0.25, -0.2) is 9.69 Å². The van der Waals surface area contributed by atoms with Crippen molar-refractivity contribution in [2.75, 3.05) is 11.5 Å². The Kier molecular flexibility index (Phi) is 1.33. The van der Waals surface area contributed by atoms with Crippen LogP contribution in [0.4, 0.5) is 10.5 Å². The summed E-state index contributed by atoms with van der Waals surface area (Å²) in [4.78, 5) is 12.9. The fourth-order valence-electron chi connectivity index (χ4n) is 1.59. The Morgan fingerprint density at radius 3 is 3.07 bits per heavy atom. The van der Waals surface area contributed by atoms with Crippen molar-refractivity contribution in [2.24, 2.45) is 0 Å². The van der Waals surface area contributed by atoms with Gasteiger partial charge in [0.05, 0.1) is 5.69 Å². The fraction of sp³-hybridized carbons (Fsp3) is 0.100. The highest BCUT2D eigenvalue weighted by Crippen LogP contribution is 2.37. The van der Waals surface area contributed by atoms with Crippen molar-refractivity contribution in [1.82, 2.24) is 0 Å². The highest BCUT2D eigenvalue weighted by molar-refractivity contribution is 5.96. The molecule has 1 aromatic carbocycles. The van der Waals surface area contributed by atoms with Crippen LogP contribution in [0.25, 0.3) is 0 Å². The Balaban J connectivity index is 2.17. The lowest BCUT2D eigenvalue weighted by Crippen LogP contribution is -2.25. The smallest absolute Gasteiger partial charge is 0.419 e. The number of hydrogen-bond acceptors (Lipinski definition) is 3. The third-order valence-electron chi connectivity index (χ3n) is 2.24. The first-order valence-electron chi connectivity index (χ1n) is 4.28. The molecule has 2 aliphatic rings. The molecule has 1 amide bonds. The first-order chi connectivity index (χ1) is 6.86. The van der Waals surface area contributed by atoms with E-state index in [0.29, 0.717) is 5.75 Å². The molecule has 3 rings (SSSR count). The quantitative estimate of drug-likeness (QED) is 0.625. The molecule has 2 aliphatic heterocycles. The highest BCUT2D eigenvalue weighted by Gasteiger charge is 2.33. The Morgan fingerprint density at radius 1 is 1.29 bits per heavy atom. The van der Waals surface area contributed by atoms with E-state index in [4.69, 9.17) is 9.47 Å². The molecule has 0 aromatic heterocycles. The van der Waals surface area contributed by atoms with E-state index in [-0.39, 0.29) is 12.7 Å². The molecule has 14 heavy (non-hydrogen) atoms. The third-order valence-corrected chi connectivity index (χ3v) is 2.24. The molecule has 0 spiro atoms. The topological polar surface area (TPSA) is 38.8 Å². The second kappa shape index (κ2) is 2.51. The number of benzene rings is 1. The van der Waals surface area contributed by atoms with Gasteiger partial charge in [-0.05, 0) is 12.1 Å². The van der Waals surface area contributed by atoms with Crippen molar-refractivity contribution in [2.45, 2.75) is 0 Å². The molecule has 0 bridgehead atoms. The molecule has 4 nitrogen and oxygen atoms in total. The molecular weight excluding hydrogens is 182 g/mol. The lowest BCUT2D eigenvalue weighted by atomic mass is 10.2. The van der Waals surface area contributed by atoms with Crippen LogP contribution >= 0.6 is 0 Å². The zero-order valence-electron chi connectivity index (χ0n) is 7.27. The van der Waals surface area contributed by atoms with Crippen molar-refractivity contribution in [3.8, 4) is 5.75 Å². The Morgan fingerprint density at radius 2 is 2.14 bits per heavy atom. The van der Waals surface area contributed by atoms with Gasteiger partial charge in [-0.2, -0.15) is 0 Å². The molecule has 0 saturated carbocycles. The van der Waals surface area contributed by atoms with E-state index >= 15 is 0 Å². The van der Waals surface area contributed by atoms with Crippen molar-refractivity contribution in [3.05, 3.63) is 36.2 Å². The summed E-state index contributed by atoms with van der Waals surface area (Å²) < 4.78 is 10.2.